The molecule has 1 unspecified atom stereocenters. The zero-order chi connectivity index (χ0) is 15.0. The highest BCUT2D eigenvalue weighted by Gasteiger charge is 2.19. The number of halogens is 2. The number of carbonyl (C=O) groups is 1. The first-order valence-electron chi connectivity index (χ1n) is 6.57. The van der Waals surface area contributed by atoms with Crippen molar-refractivity contribution in [1.82, 2.24) is 5.32 Å². The SMILES string of the molecule is CCNC(CCOc1c(F)cccc1F)C(=O)OCC. The summed E-state index contributed by atoms with van der Waals surface area (Å²) in [5.41, 5.74) is 0. The van der Waals surface area contributed by atoms with Crippen molar-refractivity contribution < 1.29 is 23.0 Å². The molecule has 0 heterocycles. The lowest BCUT2D eigenvalue weighted by molar-refractivity contribution is -0.146. The van der Waals surface area contributed by atoms with E-state index in [-0.39, 0.29) is 19.6 Å². The highest BCUT2D eigenvalue weighted by Crippen LogP contribution is 2.21. The van der Waals surface area contributed by atoms with E-state index in [2.05, 4.69) is 5.32 Å². The fraction of sp³-hybridized carbons (Fsp3) is 0.500. The standard InChI is InChI=1S/C14H19F2NO3/c1-3-17-12(14(18)19-4-2)8-9-20-13-10(15)6-5-7-11(13)16/h5-7,12,17H,3-4,8-9H2,1-2H3. The van der Waals surface area contributed by atoms with Gasteiger partial charge in [-0.05, 0) is 25.6 Å². The molecule has 0 saturated heterocycles. The van der Waals surface area contributed by atoms with Crippen molar-refractivity contribution in [3.05, 3.63) is 29.8 Å². The van der Waals surface area contributed by atoms with Gasteiger partial charge in [-0.2, -0.15) is 0 Å². The minimum Gasteiger partial charge on any atom is -0.488 e. The van der Waals surface area contributed by atoms with Gasteiger partial charge in [0.25, 0.3) is 0 Å². The number of hydrogen-bond acceptors (Lipinski definition) is 4. The van der Waals surface area contributed by atoms with Crippen LogP contribution in [-0.2, 0) is 9.53 Å². The summed E-state index contributed by atoms with van der Waals surface area (Å²) in [5, 5.41) is 2.94. The predicted molar refractivity (Wildman–Crippen MR) is 70.6 cm³/mol. The van der Waals surface area contributed by atoms with Gasteiger partial charge in [-0.25, -0.2) is 8.78 Å². The summed E-state index contributed by atoms with van der Waals surface area (Å²) in [4.78, 5) is 11.6. The maximum absolute atomic E-state index is 13.3. The molecule has 0 fully saturated rings. The van der Waals surface area contributed by atoms with Crippen LogP contribution in [0.4, 0.5) is 8.78 Å². The van der Waals surface area contributed by atoms with Crippen LogP contribution in [0.15, 0.2) is 18.2 Å². The molecule has 6 heteroatoms. The summed E-state index contributed by atoms with van der Waals surface area (Å²) < 4.78 is 36.6. The average molecular weight is 287 g/mol. The van der Waals surface area contributed by atoms with Gasteiger partial charge in [0.1, 0.15) is 6.04 Å². The molecule has 0 aliphatic carbocycles. The van der Waals surface area contributed by atoms with E-state index in [9.17, 15) is 13.6 Å². The molecule has 112 valence electrons. The van der Waals surface area contributed by atoms with Crippen LogP contribution in [0.2, 0.25) is 0 Å². The third kappa shape index (κ3) is 4.77. The van der Waals surface area contributed by atoms with E-state index < -0.39 is 29.4 Å². The Morgan fingerprint density at radius 2 is 1.95 bits per heavy atom. The normalized spacial score (nSPS) is 12.0. The van der Waals surface area contributed by atoms with Crippen molar-refractivity contribution in [2.75, 3.05) is 19.8 Å². The first kappa shape index (κ1) is 16.4. The minimum absolute atomic E-state index is 0.00827. The van der Waals surface area contributed by atoms with Crippen molar-refractivity contribution in [3.8, 4) is 5.75 Å². The average Bonchev–Trinajstić information content (AvgIpc) is 2.41. The Morgan fingerprint density at radius 1 is 1.30 bits per heavy atom. The molecule has 0 bridgehead atoms. The molecular weight excluding hydrogens is 268 g/mol. The van der Waals surface area contributed by atoms with E-state index in [0.717, 1.165) is 12.1 Å². The molecule has 1 atom stereocenters. The molecule has 1 rings (SSSR count). The topological polar surface area (TPSA) is 47.6 Å². The quantitative estimate of drug-likeness (QED) is 0.745. The third-order valence-corrected chi connectivity index (χ3v) is 2.59. The van der Waals surface area contributed by atoms with E-state index in [0.29, 0.717) is 6.54 Å². The van der Waals surface area contributed by atoms with Crippen molar-refractivity contribution in [2.45, 2.75) is 26.3 Å². The lowest BCUT2D eigenvalue weighted by atomic mass is 10.2. The number of likely N-dealkylation sites (N-methyl/N-ethyl adjacent to an activating group) is 1. The molecule has 1 aromatic carbocycles. The first-order valence-corrected chi connectivity index (χ1v) is 6.57. The summed E-state index contributed by atoms with van der Waals surface area (Å²) in [6, 6.07) is 2.95. The van der Waals surface area contributed by atoms with E-state index in [1.54, 1.807) is 6.92 Å². The molecule has 0 aromatic heterocycles. The second-order valence-electron chi connectivity index (χ2n) is 4.05. The number of para-hydroxylation sites is 1. The van der Waals surface area contributed by atoms with Crippen LogP contribution in [0.5, 0.6) is 5.75 Å². The molecule has 1 N–H and O–H groups in total. The largest absolute Gasteiger partial charge is 0.488 e. The monoisotopic (exact) mass is 287 g/mol. The van der Waals surface area contributed by atoms with Gasteiger partial charge in [-0.3, -0.25) is 4.79 Å². The minimum atomic E-state index is -0.763. The van der Waals surface area contributed by atoms with E-state index in [1.807, 2.05) is 6.92 Å². The predicted octanol–water partition coefficient (Wildman–Crippen LogP) is 2.27. The highest BCUT2D eigenvalue weighted by atomic mass is 19.1. The van der Waals surface area contributed by atoms with Crippen molar-refractivity contribution in [3.63, 3.8) is 0 Å². The van der Waals surface area contributed by atoms with Crippen LogP contribution >= 0.6 is 0 Å². The zero-order valence-corrected chi connectivity index (χ0v) is 11.6. The molecule has 4 nitrogen and oxygen atoms in total. The van der Waals surface area contributed by atoms with E-state index in [4.69, 9.17) is 9.47 Å². The lowest BCUT2D eigenvalue weighted by Crippen LogP contribution is -2.39. The summed E-state index contributed by atoms with van der Waals surface area (Å²) in [7, 11) is 0. The number of hydrogen-bond donors (Lipinski definition) is 1. The second-order valence-corrected chi connectivity index (χ2v) is 4.05. The first-order chi connectivity index (χ1) is 9.60. The number of ether oxygens (including phenoxy) is 2. The maximum atomic E-state index is 13.3. The molecule has 20 heavy (non-hydrogen) atoms. The number of carbonyl (C=O) groups excluding carboxylic acids is 1. The molecule has 1 aromatic rings. The Morgan fingerprint density at radius 3 is 2.50 bits per heavy atom. The molecule has 0 radical (unpaired) electrons. The summed E-state index contributed by atoms with van der Waals surface area (Å²) in [5.74, 6) is -2.35. The van der Waals surface area contributed by atoms with Gasteiger partial charge >= 0.3 is 5.97 Å². The van der Waals surface area contributed by atoms with Crippen LogP contribution in [0.1, 0.15) is 20.3 Å². The Bertz CT molecular complexity index is 420. The Hall–Kier alpha value is -1.69. The summed E-state index contributed by atoms with van der Waals surface area (Å²) >= 11 is 0. The van der Waals surface area contributed by atoms with Gasteiger partial charge in [-0.1, -0.05) is 13.0 Å². The second kappa shape index (κ2) is 8.47. The summed E-state index contributed by atoms with van der Waals surface area (Å²) in [6.45, 7) is 4.44. The highest BCUT2D eigenvalue weighted by molar-refractivity contribution is 5.75. The van der Waals surface area contributed by atoms with Gasteiger partial charge in [0.2, 0.25) is 0 Å². The van der Waals surface area contributed by atoms with Crippen LogP contribution in [-0.4, -0.2) is 31.8 Å². The zero-order valence-electron chi connectivity index (χ0n) is 11.6. The lowest BCUT2D eigenvalue weighted by Gasteiger charge is -2.16. The molecule has 0 aliphatic heterocycles. The molecular formula is C14H19F2NO3. The van der Waals surface area contributed by atoms with Crippen LogP contribution in [0, 0.1) is 11.6 Å². The number of nitrogens with one attached hydrogen (secondary N) is 1. The molecule has 0 saturated carbocycles. The Balaban J connectivity index is 2.54. The maximum Gasteiger partial charge on any atom is 0.323 e. The third-order valence-electron chi connectivity index (χ3n) is 2.59. The van der Waals surface area contributed by atoms with Crippen molar-refractivity contribution in [1.29, 1.82) is 0 Å². The van der Waals surface area contributed by atoms with E-state index in [1.165, 1.54) is 6.07 Å². The van der Waals surface area contributed by atoms with Gasteiger partial charge in [0.15, 0.2) is 17.4 Å². The molecule has 0 amide bonds. The fourth-order valence-corrected chi connectivity index (χ4v) is 1.69. The fourth-order valence-electron chi connectivity index (χ4n) is 1.69. The smallest absolute Gasteiger partial charge is 0.323 e. The van der Waals surface area contributed by atoms with Crippen LogP contribution in [0.3, 0.4) is 0 Å². The number of rotatable bonds is 8. The van der Waals surface area contributed by atoms with Crippen molar-refractivity contribution >= 4 is 5.97 Å². The van der Waals surface area contributed by atoms with Gasteiger partial charge in [-0.15, -0.1) is 0 Å². The number of esters is 1. The van der Waals surface area contributed by atoms with Gasteiger partial charge in [0, 0.05) is 6.42 Å². The van der Waals surface area contributed by atoms with Gasteiger partial charge in [0.05, 0.1) is 13.2 Å². The molecule has 0 spiro atoms. The Labute approximate surface area is 117 Å². The van der Waals surface area contributed by atoms with Gasteiger partial charge < -0.3 is 14.8 Å². The molecule has 0 aliphatic rings. The van der Waals surface area contributed by atoms with Crippen LogP contribution < -0.4 is 10.1 Å². The van der Waals surface area contributed by atoms with E-state index >= 15 is 0 Å². The Kier molecular flexibility index (Phi) is 6.93. The number of benzene rings is 1. The van der Waals surface area contributed by atoms with Crippen molar-refractivity contribution in [2.24, 2.45) is 0 Å². The summed E-state index contributed by atoms with van der Waals surface area (Å²) in [6.07, 6.45) is 0.264. The van der Waals surface area contributed by atoms with Crippen LogP contribution in [0.25, 0.3) is 0 Å².